The van der Waals surface area contributed by atoms with E-state index >= 15 is 0 Å². The van der Waals surface area contributed by atoms with Crippen LogP contribution in [0.3, 0.4) is 0 Å². The van der Waals surface area contributed by atoms with Gasteiger partial charge < -0.3 is 24.8 Å². The number of benzene rings is 2. The molecule has 4 aliphatic rings. The number of Topliss-reactive ketones (excluding diaryl/α,β-unsaturated/α-hetero) is 1. The molecule has 2 bridgehead atoms. The Labute approximate surface area is 214 Å². The average molecular weight is 517 g/mol. The number of halogens is 2. The molecule has 2 aromatic rings. The number of para-hydroxylation sites is 2. The number of nitrogens with one attached hydrogen (secondary N) is 1. The number of aliphatic hydroxyl groups excluding tert-OH is 1. The van der Waals surface area contributed by atoms with Gasteiger partial charge in [-0.3, -0.25) is 9.59 Å². The Morgan fingerprint density at radius 2 is 1.97 bits per heavy atom. The van der Waals surface area contributed by atoms with Crippen LogP contribution in [0.2, 0.25) is 5.02 Å². The van der Waals surface area contributed by atoms with Crippen molar-refractivity contribution in [2.24, 2.45) is 5.41 Å². The van der Waals surface area contributed by atoms with E-state index in [4.69, 9.17) is 21.1 Å². The standard InChI is InChI=1S/C27H30ClFN2O5/c1-31-15-23(36-22-5-3-2-4-21(22)31)25(34)30-27-10-8-26(9-11-27,24(33)14-27)13-17(32)16-35-18-6-7-19(28)20(29)12-18/h2-7,12,23-24,33H,8-11,13-16H2,1H3,(H,30,34)/t23?,24-,26?,27?/m0/s1. The van der Waals surface area contributed by atoms with Crippen LogP contribution in [-0.4, -0.2) is 54.7 Å². The van der Waals surface area contributed by atoms with E-state index in [0.29, 0.717) is 44.4 Å². The molecule has 1 amide bonds. The lowest BCUT2D eigenvalue weighted by Gasteiger charge is -2.56. The monoisotopic (exact) mass is 516 g/mol. The van der Waals surface area contributed by atoms with Crippen molar-refractivity contribution < 1.29 is 28.6 Å². The van der Waals surface area contributed by atoms with E-state index in [1.807, 2.05) is 36.2 Å². The topological polar surface area (TPSA) is 88.1 Å². The van der Waals surface area contributed by atoms with E-state index in [9.17, 15) is 19.1 Å². The third kappa shape index (κ3) is 4.76. The molecule has 2 atom stereocenters. The van der Waals surface area contributed by atoms with E-state index in [1.54, 1.807) is 0 Å². The fourth-order valence-electron chi connectivity index (χ4n) is 5.88. The molecule has 0 radical (unpaired) electrons. The quantitative estimate of drug-likeness (QED) is 0.580. The van der Waals surface area contributed by atoms with E-state index in [-0.39, 0.29) is 35.5 Å². The maximum atomic E-state index is 13.6. The number of carbonyl (C=O) groups excluding carboxylic acids is 2. The molecule has 3 fully saturated rings. The molecule has 0 saturated heterocycles. The normalized spacial score (nSPS) is 28.7. The summed E-state index contributed by atoms with van der Waals surface area (Å²) >= 11 is 5.68. The van der Waals surface area contributed by atoms with Crippen LogP contribution in [0.25, 0.3) is 0 Å². The van der Waals surface area contributed by atoms with Gasteiger partial charge in [0.05, 0.1) is 23.4 Å². The van der Waals surface area contributed by atoms with Gasteiger partial charge in [0, 0.05) is 30.5 Å². The molecule has 7 nitrogen and oxygen atoms in total. The molecular formula is C27H30ClFN2O5. The van der Waals surface area contributed by atoms with E-state index < -0.39 is 29.0 Å². The van der Waals surface area contributed by atoms with Gasteiger partial charge in [0.15, 0.2) is 11.9 Å². The van der Waals surface area contributed by atoms with Crippen molar-refractivity contribution in [2.75, 3.05) is 25.1 Å². The molecule has 1 heterocycles. The number of rotatable bonds is 7. The molecule has 2 N–H and O–H groups in total. The number of ether oxygens (including phenoxy) is 2. The van der Waals surface area contributed by atoms with Crippen molar-refractivity contribution in [1.82, 2.24) is 5.32 Å². The molecule has 3 saturated carbocycles. The number of aliphatic hydroxyl groups is 1. The molecule has 9 heteroatoms. The first-order chi connectivity index (χ1) is 17.2. The zero-order valence-electron chi connectivity index (χ0n) is 20.1. The minimum absolute atomic E-state index is 0.0115. The smallest absolute Gasteiger partial charge is 0.263 e. The molecule has 2 aromatic carbocycles. The van der Waals surface area contributed by atoms with Crippen molar-refractivity contribution in [2.45, 2.75) is 56.3 Å². The summed E-state index contributed by atoms with van der Waals surface area (Å²) in [4.78, 5) is 27.9. The number of hydrogen-bond donors (Lipinski definition) is 2. The van der Waals surface area contributed by atoms with Gasteiger partial charge in [0.25, 0.3) is 5.91 Å². The second-order valence-corrected chi connectivity index (χ2v) is 10.8. The predicted molar refractivity (Wildman–Crippen MR) is 133 cm³/mol. The van der Waals surface area contributed by atoms with Crippen LogP contribution in [0.4, 0.5) is 10.1 Å². The second kappa shape index (κ2) is 9.56. The second-order valence-electron chi connectivity index (χ2n) is 10.4. The molecular weight excluding hydrogens is 487 g/mol. The van der Waals surface area contributed by atoms with E-state index in [0.717, 1.165) is 11.8 Å². The lowest BCUT2D eigenvalue weighted by Crippen LogP contribution is -2.64. The van der Waals surface area contributed by atoms with Crippen LogP contribution >= 0.6 is 11.6 Å². The Kier molecular flexibility index (Phi) is 6.59. The lowest BCUT2D eigenvalue weighted by molar-refractivity contribution is -0.144. The Bertz CT molecular complexity index is 1170. The molecule has 0 aromatic heterocycles. The highest BCUT2D eigenvalue weighted by Gasteiger charge is 2.55. The van der Waals surface area contributed by atoms with Crippen LogP contribution in [0.5, 0.6) is 11.5 Å². The Morgan fingerprint density at radius 3 is 2.69 bits per heavy atom. The van der Waals surface area contributed by atoms with Crippen molar-refractivity contribution in [3.05, 3.63) is 53.3 Å². The summed E-state index contributed by atoms with van der Waals surface area (Å²) in [7, 11) is 1.93. The zero-order valence-corrected chi connectivity index (χ0v) is 20.9. The molecule has 1 aliphatic heterocycles. The number of anilines is 1. The maximum Gasteiger partial charge on any atom is 0.263 e. The molecule has 6 rings (SSSR count). The van der Waals surface area contributed by atoms with E-state index in [1.165, 1.54) is 12.1 Å². The summed E-state index contributed by atoms with van der Waals surface area (Å²) in [5.41, 5.74) is -0.0824. The third-order valence-corrected chi connectivity index (χ3v) is 8.31. The minimum atomic E-state index is -0.715. The minimum Gasteiger partial charge on any atom is -0.486 e. The zero-order chi connectivity index (χ0) is 25.5. The largest absolute Gasteiger partial charge is 0.486 e. The number of amides is 1. The number of hydrogen-bond acceptors (Lipinski definition) is 6. The number of carbonyl (C=O) groups is 2. The van der Waals surface area contributed by atoms with Gasteiger partial charge in [-0.2, -0.15) is 0 Å². The van der Waals surface area contributed by atoms with E-state index in [2.05, 4.69) is 5.32 Å². The summed E-state index contributed by atoms with van der Waals surface area (Å²) < 4.78 is 25.0. The molecule has 3 aliphatic carbocycles. The lowest BCUT2D eigenvalue weighted by atomic mass is 9.54. The number of nitrogens with zero attached hydrogens (tertiary/aromatic N) is 1. The first-order valence-electron chi connectivity index (χ1n) is 12.3. The summed E-state index contributed by atoms with van der Waals surface area (Å²) in [6, 6.07) is 11.7. The van der Waals surface area contributed by atoms with Crippen LogP contribution < -0.4 is 19.7 Å². The van der Waals surface area contributed by atoms with Crippen LogP contribution in [-0.2, 0) is 9.59 Å². The Hall–Kier alpha value is -2.84. The molecule has 192 valence electrons. The van der Waals surface area contributed by atoms with Crippen molar-refractivity contribution >= 4 is 29.0 Å². The fraction of sp³-hybridized carbons (Fsp3) is 0.481. The number of likely N-dealkylation sites (N-methyl/N-ethyl adjacent to an activating group) is 1. The van der Waals surface area contributed by atoms with Crippen LogP contribution in [0.15, 0.2) is 42.5 Å². The average Bonchev–Trinajstić information content (AvgIpc) is 2.86. The molecule has 1 unspecified atom stereocenters. The summed E-state index contributed by atoms with van der Waals surface area (Å²) in [6.07, 6.45) is 1.86. The Balaban J connectivity index is 1.17. The number of ketones is 1. The van der Waals surface area contributed by atoms with Crippen LogP contribution in [0, 0.1) is 11.2 Å². The van der Waals surface area contributed by atoms with Gasteiger partial charge in [-0.15, -0.1) is 0 Å². The van der Waals surface area contributed by atoms with Gasteiger partial charge in [-0.1, -0.05) is 23.7 Å². The van der Waals surface area contributed by atoms with Crippen molar-refractivity contribution in [3.8, 4) is 11.5 Å². The summed E-state index contributed by atoms with van der Waals surface area (Å²) in [5.74, 6) is -0.0336. The van der Waals surface area contributed by atoms with Gasteiger partial charge in [0.1, 0.15) is 23.9 Å². The van der Waals surface area contributed by atoms with Crippen molar-refractivity contribution in [1.29, 1.82) is 0 Å². The highest BCUT2D eigenvalue weighted by atomic mass is 35.5. The summed E-state index contributed by atoms with van der Waals surface area (Å²) in [5, 5.41) is 14.2. The maximum absolute atomic E-state index is 13.6. The third-order valence-electron chi connectivity index (χ3n) is 8.00. The number of fused-ring (bicyclic) bond motifs is 4. The van der Waals surface area contributed by atoms with Gasteiger partial charge in [-0.05, 0) is 56.4 Å². The highest BCUT2D eigenvalue weighted by molar-refractivity contribution is 6.30. The SMILES string of the molecule is CN1CC(C(=O)NC23CCC(CC(=O)COc4ccc(Cl)c(F)c4)(CC2)[C@@H](O)C3)Oc2ccccc21. The highest BCUT2D eigenvalue weighted by Crippen LogP contribution is 2.54. The van der Waals surface area contributed by atoms with Crippen LogP contribution in [0.1, 0.15) is 38.5 Å². The first-order valence-corrected chi connectivity index (χ1v) is 12.6. The van der Waals surface area contributed by atoms with Crippen molar-refractivity contribution in [3.63, 3.8) is 0 Å². The van der Waals surface area contributed by atoms with Gasteiger partial charge in [0.2, 0.25) is 0 Å². The molecule has 36 heavy (non-hydrogen) atoms. The van der Waals surface area contributed by atoms with Gasteiger partial charge in [-0.25, -0.2) is 4.39 Å². The fourth-order valence-corrected chi connectivity index (χ4v) is 6.00. The molecule has 0 spiro atoms. The first kappa shape index (κ1) is 24.8. The Morgan fingerprint density at radius 1 is 1.22 bits per heavy atom. The summed E-state index contributed by atoms with van der Waals surface area (Å²) in [6.45, 7) is 0.239. The van der Waals surface area contributed by atoms with Gasteiger partial charge >= 0.3 is 0 Å². The predicted octanol–water partition coefficient (Wildman–Crippen LogP) is 3.89.